The number of nitrogens with zero attached hydrogens (tertiary/aromatic N) is 2. The molecule has 1 aliphatic carbocycles. The van der Waals surface area contributed by atoms with E-state index in [4.69, 9.17) is 4.99 Å². The van der Waals surface area contributed by atoms with Crippen LogP contribution in [0.15, 0.2) is 71.9 Å². The molecule has 0 amide bonds. The Balaban J connectivity index is 0.000000421. The molecule has 0 aliphatic heterocycles. The summed E-state index contributed by atoms with van der Waals surface area (Å²) in [6.45, 7) is 10.9. The average Bonchev–Trinajstić information content (AvgIpc) is 2.68. The minimum Gasteiger partial charge on any atom is -0.255 e. The molecule has 2 nitrogen and oxygen atoms in total. The number of aliphatic imine (C=N–C) groups is 1. The van der Waals surface area contributed by atoms with Crippen molar-refractivity contribution in [2.24, 2.45) is 4.99 Å². The summed E-state index contributed by atoms with van der Waals surface area (Å²) in [7, 11) is 0. The van der Waals surface area contributed by atoms with Crippen LogP contribution in [0.1, 0.15) is 89.0 Å². The first-order chi connectivity index (χ1) is 14.0. The first kappa shape index (κ1) is 26.1. The van der Waals surface area contributed by atoms with Gasteiger partial charge in [-0.05, 0) is 67.7 Å². The van der Waals surface area contributed by atoms with Crippen molar-refractivity contribution in [1.29, 1.82) is 0 Å². The van der Waals surface area contributed by atoms with E-state index in [1.165, 1.54) is 36.8 Å². The van der Waals surface area contributed by atoms with Crippen molar-refractivity contribution >= 4 is 11.4 Å². The van der Waals surface area contributed by atoms with Crippen LogP contribution in [0, 0.1) is 0 Å². The van der Waals surface area contributed by atoms with Gasteiger partial charge in [0.1, 0.15) is 0 Å². The van der Waals surface area contributed by atoms with Crippen LogP contribution >= 0.6 is 0 Å². The van der Waals surface area contributed by atoms with E-state index >= 15 is 0 Å². The number of aromatic nitrogens is 1. The fourth-order valence-corrected chi connectivity index (χ4v) is 3.30. The van der Waals surface area contributed by atoms with Gasteiger partial charge in [-0.2, -0.15) is 0 Å². The van der Waals surface area contributed by atoms with Gasteiger partial charge >= 0.3 is 0 Å². The van der Waals surface area contributed by atoms with Gasteiger partial charge in [-0.15, -0.1) is 0 Å². The predicted octanol–water partition coefficient (Wildman–Crippen LogP) is 8.14. The molecule has 0 fully saturated rings. The van der Waals surface area contributed by atoms with E-state index in [9.17, 15) is 0 Å². The van der Waals surface area contributed by atoms with Crippen LogP contribution in [0.2, 0.25) is 0 Å². The number of benzene rings is 1. The van der Waals surface area contributed by atoms with Crippen molar-refractivity contribution in [3.63, 3.8) is 0 Å². The zero-order chi connectivity index (χ0) is 21.1. The third kappa shape index (κ3) is 8.42. The van der Waals surface area contributed by atoms with E-state index in [1.54, 1.807) is 0 Å². The third-order valence-corrected chi connectivity index (χ3v) is 4.99. The number of pyridine rings is 1. The van der Waals surface area contributed by atoms with Gasteiger partial charge in [-0.1, -0.05) is 76.3 Å². The Bertz CT molecular complexity index is 781. The van der Waals surface area contributed by atoms with Crippen molar-refractivity contribution in [3.8, 4) is 0 Å². The Morgan fingerprint density at radius 1 is 0.767 bits per heavy atom. The topological polar surface area (TPSA) is 25.2 Å². The van der Waals surface area contributed by atoms with Crippen molar-refractivity contribution in [3.05, 3.63) is 83.7 Å². The maximum Gasteiger partial charge on any atom is 0.0841 e. The fourth-order valence-electron chi connectivity index (χ4n) is 3.30. The number of rotatable bonds is 4. The maximum atomic E-state index is 4.93. The molecule has 0 radical (unpaired) electrons. The molecule has 0 atom stereocenters. The maximum absolute atomic E-state index is 4.93. The SMILES string of the molecule is C1=C\CC/C=C\CC/1.CC(=Nc1c(C(C)C)cccc1C(C)C)c1ccccn1.[Fe]. The number of para-hydroxylation sites is 1. The Morgan fingerprint density at radius 2 is 1.27 bits per heavy atom. The standard InChI is InChI=1S/C19H24N2.C8H12.Fe/c1-13(2)16-9-8-10-17(14(3)4)19(16)21-15(5)18-11-6-7-12-20-18;1-2-4-6-8-7-5-3-1;/h6-14H,1-5H3;1-2,7-8H,3-6H2;/b;2-1-,8-7-;. The number of hydrogen-bond acceptors (Lipinski definition) is 2. The van der Waals surface area contributed by atoms with Gasteiger partial charge in [0.2, 0.25) is 0 Å². The van der Waals surface area contributed by atoms with E-state index in [0.717, 1.165) is 17.1 Å². The van der Waals surface area contributed by atoms with Crippen molar-refractivity contribution in [2.75, 3.05) is 0 Å². The molecule has 0 spiro atoms. The first-order valence-corrected chi connectivity index (χ1v) is 10.9. The van der Waals surface area contributed by atoms with E-state index in [2.05, 4.69) is 75.2 Å². The molecule has 3 heteroatoms. The molecule has 0 unspecified atom stereocenters. The molecule has 0 bridgehead atoms. The summed E-state index contributed by atoms with van der Waals surface area (Å²) in [5, 5.41) is 0. The van der Waals surface area contributed by atoms with Gasteiger partial charge in [0.25, 0.3) is 0 Å². The summed E-state index contributed by atoms with van der Waals surface area (Å²) in [6, 6.07) is 12.4. The van der Waals surface area contributed by atoms with E-state index in [-0.39, 0.29) is 17.1 Å². The van der Waals surface area contributed by atoms with Crippen LogP contribution in [0.3, 0.4) is 0 Å². The molecule has 0 saturated carbocycles. The quantitative estimate of drug-likeness (QED) is 0.265. The Kier molecular flexibility index (Phi) is 12.3. The third-order valence-electron chi connectivity index (χ3n) is 4.99. The molecule has 0 N–H and O–H groups in total. The summed E-state index contributed by atoms with van der Waals surface area (Å²) >= 11 is 0. The molecule has 0 saturated heterocycles. The van der Waals surface area contributed by atoms with Gasteiger partial charge < -0.3 is 0 Å². The minimum atomic E-state index is 0. The second kappa shape index (κ2) is 14.1. The average molecular weight is 444 g/mol. The largest absolute Gasteiger partial charge is 0.255 e. The summed E-state index contributed by atoms with van der Waals surface area (Å²) < 4.78 is 0. The molecule has 2 aromatic rings. The fraction of sp³-hybridized carbons (Fsp3) is 0.407. The Labute approximate surface area is 194 Å². The normalized spacial score (nSPS) is 16.0. The van der Waals surface area contributed by atoms with Crippen molar-refractivity contribution < 1.29 is 17.1 Å². The molecule has 1 heterocycles. The smallest absolute Gasteiger partial charge is 0.0841 e. The van der Waals surface area contributed by atoms with Crippen LogP contribution in [0.25, 0.3) is 0 Å². The number of hydrogen-bond donors (Lipinski definition) is 0. The van der Waals surface area contributed by atoms with Crippen LogP contribution in [-0.2, 0) is 17.1 Å². The van der Waals surface area contributed by atoms with Gasteiger partial charge in [0.15, 0.2) is 0 Å². The van der Waals surface area contributed by atoms with Crippen LogP contribution in [0.5, 0.6) is 0 Å². The van der Waals surface area contributed by atoms with Crippen LogP contribution in [0.4, 0.5) is 5.69 Å². The predicted molar refractivity (Wildman–Crippen MR) is 127 cm³/mol. The van der Waals surface area contributed by atoms with Gasteiger partial charge in [-0.3, -0.25) is 9.98 Å². The van der Waals surface area contributed by atoms with Gasteiger partial charge in [-0.25, -0.2) is 0 Å². The van der Waals surface area contributed by atoms with Crippen LogP contribution < -0.4 is 0 Å². The second-order valence-electron chi connectivity index (χ2n) is 8.10. The zero-order valence-electron chi connectivity index (χ0n) is 19.1. The monoisotopic (exact) mass is 444 g/mol. The molecular weight excluding hydrogens is 408 g/mol. The summed E-state index contributed by atoms with van der Waals surface area (Å²) in [4.78, 5) is 9.32. The van der Waals surface area contributed by atoms with Crippen molar-refractivity contribution in [1.82, 2.24) is 4.98 Å². The minimum absolute atomic E-state index is 0. The second-order valence-corrected chi connectivity index (χ2v) is 8.10. The molecule has 1 aromatic heterocycles. The first-order valence-electron chi connectivity index (χ1n) is 10.9. The van der Waals surface area contributed by atoms with Crippen LogP contribution in [-0.4, -0.2) is 10.7 Å². The van der Waals surface area contributed by atoms with E-state index in [0.29, 0.717) is 11.8 Å². The molecular formula is C27H36FeN2. The molecule has 3 rings (SSSR count). The van der Waals surface area contributed by atoms with Gasteiger partial charge in [0, 0.05) is 23.3 Å². The zero-order valence-corrected chi connectivity index (χ0v) is 20.2. The van der Waals surface area contributed by atoms with Crippen molar-refractivity contribution in [2.45, 2.75) is 72.1 Å². The Morgan fingerprint density at radius 3 is 1.67 bits per heavy atom. The van der Waals surface area contributed by atoms with E-state index in [1.807, 2.05) is 31.3 Å². The van der Waals surface area contributed by atoms with E-state index < -0.39 is 0 Å². The van der Waals surface area contributed by atoms with Gasteiger partial charge in [0.05, 0.1) is 17.1 Å². The summed E-state index contributed by atoms with van der Waals surface area (Å²) in [5.41, 5.74) is 5.62. The summed E-state index contributed by atoms with van der Waals surface area (Å²) in [5.74, 6) is 0.915. The molecule has 162 valence electrons. The Hall–Kier alpha value is -1.96. The summed E-state index contributed by atoms with van der Waals surface area (Å²) in [6.07, 6.45) is 15.8. The molecule has 1 aliphatic rings. The number of allylic oxidation sites excluding steroid dienone is 4. The molecule has 1 aromatic carbocycles. The molecule has 30 heavy (non-hydrogen) atoms.